The van der Waals surface area contributed by atoms with Gasteiger partial charge in [0.2, 0.25) is 10.0 Å². The van der Waals surface area contributed by atoms with Crippen LogP contribution in [-0.4, -0.2) is 52.6 Å². The van der Waals surface area contributed by atoms with Crippen LogP contribution >= 0.6 is 0 Å². The normalized spacial score (nSPS) is 12.7. The summed E-state index contributed by atoms with van der Waals surface area (Å²) in [4.78, 5) is 1.09. The van der Waals surface area contributed by atoms with Crippen LogP contribution in [-0.2, 0) is 10.0 Å². The monoisotopic (exact) mass is 325 g/mol. The summed E-state index contributed by atoms with van der Waals surface area (Å²) in [6.45, 7) is -1.04. The summed E-state index contributed by atoms with van der Waals surface area (Å²) in [5.41, 5.74) is 5.59. The molecule has 0 bridgehead atoms. The fourth-order valence-corrected chi connectivity index (χ4v) is 2.61. The van der Waals surface area contributed by atoms with Gasteiger partial charge in [0.25, 0.3) is 0 Å². The third kappa shape index (κ3) is 4.87. The van der Waals surface area contributed by atoms with Gasteiger partial charge in [-0.1, -0.05) is 0 Å². The second-order valence-corrected chi connectivity index (χ2v) is 6.76. The van der Waals surface area contributed by atoms with E-state index in [4.69, 9.17) is 5.73 Å². The van der Waals surface area contributed by atoms with Crippen molar-refractivity contribution in [1.29, 1.82) is 0 Å². The van der Waals surface area contributed by atoms with Crippen LogP contribution in [0, 0.1) is 0 Å². The van der Waals surface area contributed by atoms with Gasteiger partial charge in [0, 0.05) is 32.9 Å². The van der Waals surface area contributed by atoms with Gasteiger partial charge in [0.1, 0.15) is 6.54 Å². The topological polar surface area (TPSA) is 66.6 Å². The zero-order valence-electron chi connectivity index (χ0n) is 11.8. The van der Waals surface area contributed by atoms with E-state index in [2.05, 4.69) is 0 Å². The van der Waals surface area contributed by atoms with Gasteiger partial charge in [-0.3, -0.25) is 0 Å². The Kier molecular flexibility index (Phi) is 5.60. The number of alkyl halides is 3. The largest absolute Gasteiger partial charge is 0.405 e. The number of benzene rings is 1. The molecule has 0 spiro atoms. The molecule has 5 nitrogen and oxygen atoms in total. The van der Waals surface area contributed by atoms with Crippen LogP contribution in [0.5, 0.6) is 0 Å². The lowest BCUT2D eigenvalue weighted by Crippen LogP contribution is -2.37. The summed E-state index contributed by atoms with van der Waals surface area (Å²) in [7, 11) is -0.834. The lowest BCUT2D eigenvalue weighted by atomic mass is 10.3. The fraction of sp³-hybridized carbons (Fsp3) is 0.500. The van der Waals surface area contributed by atoms with Crippen molar-refractivity contribution < 1.29 is 21.6 Å². The molecule has 0 aliphatic rings. The van der Waals surface area contributed by atoms with E-state index in [0.29, 0.717) is 0 Å². The molecule has 0 saturated carbocycles. The maximum Gasteiger partial charge on any atom is 0.405 e. The number of rotatable bonds is 6. The van der Waals surface area contributed by atoms with Gasteiger partial charge in [0.05, 0.1) is 4.90 Å². The number of anilines is 1. The second-order valence-electron chi connectivity index (χ2n) is 4.61. The summed E-state index contributed by atoms with van der Waals surface area (Å²) in [5, 5.41) is 0. The predicted molar refractivity (Wildman–Crippen MR) is 74.6 cm³/mol. The molecule has 0 unspecified atom stereocenters. The number of nitrogens with zero attached hydrogens (tertiary/aromatic N) is 2. The molecule has 0 aliphatic carbocycles. The van der Waals surface area contributed by atoms with Crippen LogP contribution in [0.25, 0.3) is 0 Å². The van der Waals surface area contributed by atoms with E-state index < -0.39 is 22.7 Å². The Morgan fingerprint density at radius 1 is 1.14 bits per heavy atom. The minimum Gasteiger partial charge on any atom is -0.361 e. The van der Waals surface area contributed by atoms with Gasteiger partial charge < -0.3 is 10.6 Å². The van der Waals surface area contributed by atoms with Crippen molar-refractivity contribution in [3.8, 4) is 0 Å². The molecule has 0 aromatic heterocycles. The standard InChI is InChI=1S/C12H18F3N3O2S/c1-17(2)21(19,20)11-5-3-10(4-6-11)18(8-7-16)9-12(13,14)15/h3-6H,7-9,16H2,1-2H3. The van der Waals surface area contributed by atoms with E-state index in [9.17, 15) is 21.6 Å². The number of sulfonamides is 1. The smallest absolute Gasteiger partial charge is 0.361 e. The molecule has 120 valence electrons. The summed E-state index contributed by atoms with van der Waals surface area (Å²) in [5.74, 6) is 0. The summed E-state index contributed by atoms with van der Waals surface area (Å²) < 4.78 is 62.3. The minimum atomic E-state index is -4.36. The Morgan fingerprint density at radius 3 is 2.05 bits per heavy atom. The van der Waals surface area contributed by atoms with Crippen molar-refractivity contribution in [2.75, 3.05) is 38.6 Å². The van der Waals surface area contributed by atoms with Crippen molar-refractivity contribution in [2.24, 2.45) is 5.73 Å². The van der Waals surface area contributed by atoms with E-state index in [0.717, 1.165) is 9.21 Å². The molecule has 1 rings (SSSR count). The van der Waals surface area contributed by atoms with Gasteiger partial charge in [-0.25, -0.2) is 12.7 Å². The lowest BCUT2D eigenvalue weighted by molar-refractivity contribution is -0.119. The average molecular weight is 325 g/mol. The molecule has 0 atom stereocenters. The Balaban J connectivity index is 3.03. The first-order valence-electron chi connectivity index (χ1n) is 6.12. The maximum absolute atomic E-state index is 12.5. The molecule has 0 saturated heterocycles. The maximum atomic E-state index is 12.5. The highest BCUT2D eigenvalue weighted by atomic mass is 32.2. The number of halogens is 3. The van der Waals surface area contributed by atoms with Crippen LogP contribution in [0.2, 0.25) is 0 Å². The third-order valence-corrected chi connectivity index (χ3v) is 4.58. The zero-order valence-corrected chi connectivity index (χ0v) is 12.6. The van der Waals surface area contributed by atoms with E-state index in [1.807, 2.05) is 0 Å². The van der Waals surface area contributed by atoms with Crippen LogP contribution in [0.3, 0.4) is 0 Å². The summed E-state index contributed by atoms with van der Waals surface area (Å²) >= 11 is 0. The Bertz CT molecular complexity index is 556. The second kappa shape index (κ2) is 6.63. The highest BCUT2D eigenvalue weighted by Crippen LogP contribution is 2.23. The van der Waals surface area contributed by atoms with Gasteiger partial charge in [-0.2, -0.15) is 13.2 Å². The molecule has 0 radical (unpaired) electrons. The molecule has 1 aromatic rings. The number of nitrogens with two attached hydrogens (primary N) is 1. The molecule has 0 fully saturated rings. The van der Waals surface area contributed by atoms with Gasteiger partial charge >= 0.3 is 6.18 Å². The minimum absolute atomic E-state index is 0.0240. The molecule has 2 N–H and O–H groups in total. The summed E-state index contributed by atoms with van der Waals surface area (Å²) in [6.07, 6.45) is -4.36. The van der Waals surface area contributed by atoms with E-state index in [1.165, 1.54) is 38.4 Å². The van der Waals surface area contributed by atoms with Crippen molar-refractivity contribution in [2.45, 2.75) is 11.1 Å². The Labute approximate surface area is 122 Å². The van der Waals surface area contributed by atoms with Gasteiger partial charge in [0.15, 0.2) is 0 Å². The van der Waals surface area contributed by atoms with Crippen molar-refractivity contribution >= 4 is 15.7 Å². The Morgan fingerprint density at radius 2 is 1.67 bits per heavy atom. The summed E-state index contributed by atoms with van der Waals surface area (Å²) in [6, 6.07) is 5.25. The lowest BCUT2D eigenvalue weighted by Gasteiger charge is -2.25. The van der Waals surface area contributed by atoms with E-state index in [-0.39, 0.29) is 23.7 Å². The molecule has 9 heteroatoms. The molecule has 0 heterocycles. The number of hydrogen-bond donors (Lipinski definition) is 1. The van der Waals surface area contributed by atoms with E-state index >= 15 is 0 Å². The van der Waals surface area contributed by atoms with E-state index in [1.54, 1.807) is 0 Å². The predicted octanol–water partition coefficient (Wildman–Crippen LogP) is 1.26. The highest BCUT2D eigenvalue weighted by Gasteiger charge is 2.30. The van der Waals surface area contributed by atoms with Crippen LogP contribution in [0.1, 0.15) is 0 Å². The van der Waals surface area contributed by atoms with Gasteiger partial charge in [-0.15, -0.1) is 0 Å². The first-order valence-corrected chi connectivity index (χ1v) is 7.56. The first-order chi connectivity index (χ1) is 9.58. The van der Waals surface area contributed by atoms with Gasteiger partial charge in [-0.05, 0) is 24.3 Å². The molecule has 0 aliphatic heterocycles. The average Bonchev–Trinajstić information content (AvgIpc) is 2.36. The van der Waals surface area contributed by atoms with Crippen molar-refractivity contribution in [3.05, 3.63) is 24.3 Å². The molecular formula is C12H18F3N3O2S. The van der Waals surface area contributed by atoms with Crippen molar-refractivity contribution in [1.82, 2.24) is 4.31 Å². The number of hydrogen-bond acceptors (Lipinski definition) is 4. The first kappa shape index (κ1) is 17.7. The molecule has 1 aromatic carbocycles. The fourth-order valence-electron chi connectivity index (χ4n) is 1.71. The van der Waals surface area contributed by atoms with Crippen LogP contribution in [0.4, 0.5) is 18.9 Å². The van der Waals surface area contributed by atoms with Crippen molar-refractivity contribution in [3.63, 3.8) is 0 Å². The Hall–Kier alpha value is -1.32. The zero-order chi connectivity index (χ0) is 16.3. The van der Waals surface area contributed by atoms with Crippen LogP contribution in [0.15, 0.2) is 29.2 Å². The molecular weight excluding hydrogens is 307 g/mol. The van der Waals surface area contributed by atoms with Crippen LogP contribution < -0.4 is 10.6 Å². The highest BCUT2D eigenvalue weighted by molar-refractivity contribution is 7.89. The SMILES string of the molecule is CN(C)S(=O)(=O)c1ccc(N(CCN)CC(F)(F)F)cc1. The molecule has 0 amide bonds. The molecule has 21 heavy (non-hydrogen) atoms. The quantitative estimate of drug-likeness (QED) is 0.855. The third-order valence-electron chi connectivity index (χ3n) is 2.75.